The first-order chi connectivity index (χ1) is 9.41. The molecule has 1 atom stereocenters. The molecule has 1 heterocycles. The zero-order chi connectivity index (χ0) is 14.8. The summed E-state index contributed by atoms with van der Waals surface area (Å²) >= 11 is 1.66. The second-order valence-electron chi connectivity index (χ2n) is 6.36. The first kappa shape index (κ1) is 15.2. The normalized spacial score (nSPS) is 13.4. The maximum Gasteiger partial charge on any atom is 0.111 e. The molecule has 0 spiro atoms. The minimum atomic E-state index is -0.0133. The molecule has 0 saturated carbocycles. The van der Waals surface area contributed by atoms with Crippen LogP contribution in [-0.2, 0) is 6.42 Å². The molecule has 0 aliphatic carbocycles. The summed E-state index contributed by atoms with van der Waals surface area (Å²) in [5.74, 6) is 0. The molecule has 2 aromatic rings. The first-order valence-electron chi connectivity index (χ1n) is 7.22. The standard InChI is InChI=1S/C17H24N2S/c1-5-6-12-7-9-13(10-8-12)14-11-20-16(19-14)15(18)17(2,3)4/h7-11,15H,5-6,18H2,1-4H3. The van der Waals surface area contributed by atoms with Gasteiger partial charge in [0.1, 0.15) is 5.01 Å². The largest absolute Gasteiger partial charge is 0.322 e. The van der Waals surface area contributed by atoms with Gasteiger partial charge in [0.05, 0.1) is 11.7 Å². The Hall–Kier alpha value is -1.19. The summed E-state index contributed by atoms with van der Waals surface area (Å²) in [6, 6.07) is 8.70. The third kappa shape index (κ3) is 3.47. The number of rotatable bonds is 4. The van der Waals surface area contributed by atoms with Gasteiger partial charge in [0.15, 0.2) is 0 Å². The molecule has 0 aliphatic rings. The zero-order valence-electron chi connectivity index (χ0n) is 12.8. The number of thiazole rings is 1. The molecule has 108 valence electrons. The SMILES string of the molecule is CCCc1ccc(-c2csc(C(N)C(C)(C)C)n2)cc1. The van der Waals surface area contributed by atoms with Crippen LogP contribution in [0.4, 0.5) is 0 Å². The van der Waals surface area contributed by atoms with Crippen molar-refractivity contribution in [1.82, 2.24) is 4.98 Å². The van der Waals surface area contributed by atoms with Gasteiger partial charge in [-0.15, -0.1) is 11.3 Å². The molecule has 20 heavy (non-hydrogen) atoms. The lowest BCUT2D eigenvalue weighted by Gasteiger charge is -2.24. The van der Waals surface area contributed by atoms with E-state index < -0.39 is 0 Å². The molecular formula is C17H24N2S. The highest BCUT2D eigenvalue weighted by atomic mass is 32.1. The molecular weight excluding hydrogens is 264 g/mol. The maximum absolute atomic E-state index is 6.28. The Bertz CT molecular complexity index is 549. The van der Waals surface area contributed by atoms with Gasteiger partial charge >= 0.3 is 0 Å². The van der Waals surface area contributed by atoms with Crippen molar-refractivity contribution < 1.29 is 0 Å². The van der Waals surface area contributed by atoms with Gasteiger partial charge in [0, 0.05) is 10.9 Å². The zero-order valence-corrected chi connectivity index (χ0v) is 13.6. The van der Waals surface area contributed by atoms with Crippen LogP contribution in [0.2, 0.25) is 0 Å². The van der Waals surface area contributed by atoms with E-state index in [2.05, 4.69) is 57.3 Å². The molecule has 0 radical (unpaired) electrons. The summed E-state index contributed by atoms with van der Waals surface area (Å²) in [7, 11) is 0. The molecule has 0 bridgehead atoms. The van der Waals surface area contributed by atoms with Crippen LogP contribution < -0.4 is 5.73 Å². The minimum absolute atomic E-state index is 0.0133. The monoisotopic (exact) mass is 288 g/mol. The van der Waals surface area contributed by atoms with Gasteiger partial charge in [0.2, 0.25) is 0 Å². The van der Waals surface area contributed by atoms with Crippen molar-refractivity contribution in [1.29, 1.82) is 0 Å². The summed E-state index contributed by atoms with van der Waals surface area (Å²) < 4.78 is 0. The van der Waals surface area contributed by atoms with Gasteiger partial charge in [-0.2, -0.15) is 0 Å². The second kappa shape index (κ2) is 6.06. The van der Waals surface area contributed by atoms with Crippen LogP contribution >= 0.6 is 11.3 Å². The van der Waals surface area contributed by atoms with Crippen LogP contribution in [-0.4, -0.2) is 4.98 Å². The number of benzene rings is 1. The van der Waals surface area contributed by atoms with Gasteiger partial charge in [-0.25, -0.2) is 4.98 Å². The lowest BCUT2D eigenvalue weighted by atomic mass is 9.88. The number of aryl methyl sites for hydroxylation is 1. The van der Waals surface area contributed by atoms with Crippen molar-refractivity contribution >= 4 is 11.3 Å². The Labute approximate surface area is 126 Å². The molecule has 1 unspecified atom stereocenters. The van der Waals surface area contributed by atoms with Gasteiger partial charge in [0.25, 0.3) is 0 Å². The van der Waals surface area contributed by atoms with Crippen LogP contribution in [0.1, 0.15) is 50.7 Å². The fourth-order valence-corrected chi connectivity index (χ4v) is 3.14. The Morgan fingerprint density at radius 1 is 1.20 bits per heavy atom. The van der Waals surface area contributed by atoms with Crippen molar-refractivity contribution in [3.8, 4) is 11.3 Å². The third-order valence-corrected chi connectivity index (χ3v) is 4.44. The van der Waals surface area contributed by atoms with E-state index in [-0.39, 0.29) is 11.5 Å². The van der Waals surface area contributed by atoms with E-state index >= 15 is 0 Å². The highest BCUT2D eigenvalue weighted by Gasteiger charge is 2.25. The average molecular weight is 288 g/mol. The Kier molecular flexibility index (Phi) is 4.61. The maximum atomic E-state index is 6.28. The quantitative estimate of drug-likeness (QED) is 0.877. The predicted octanol–water partition coefficient (Wildman–Crippen LogP) is 4.81. The number of hydrogen-bond acceptors (Lipinski definition) is 3. The summed E-state index contributed by atoms with van der Waals surface area (Å²) in [6.45, 7) is 8.66. The second-order valence-corrected chi connectivity index (χ2v) is 7.25. The van der Waals surface area contributed by atoms with Gasteiger partial charge in [-0.1, -0.05) is 58.4 Å². The first-order valence-corrected chi connectivity index (χ1v) is 8.10. The van der Waals surface area contributed by atoms with Crippen molar-refractivity contribution in [2.45, 2.75) is 46.6 Å². The van der Waals surface area contributed by atoms with Crippen molar-refractivity contribution in [2.75, 3.05) is 0 Å². The highest BCUT2D eigenvalue weighted by molar-refractivity contribution is 7.10. The van der Waals surface area contributed by atoms with E-state index in [0.29, 0.717) is 0 Å². The fraction of sp³-hybridized carbons (Fsp3) is 0.471. The van der Waals surface area contributed by atoms with E-state index in [1.807, 2.05) is 0 Å². The highest BCUT2D eigenvalue weighted by Crippen LogP contribution is 2.34. The van der Waals surface area contributed by atoms with Crippen LogP contribution in [0.3, 0.4) is 0 Å². The number of aromatic nitrogens is 1. The Balaban J connectivity index is 2.20. The van der Waals surface area contributed by atoms with Crippen LogP contribution in [0.5, 0.6) is 0 Å². The van der Waals surface area contributed by atoms with E-state index in [4.69, 9.17) is 10.7 Å². The predicted molar refractivity (Wildman–Crippen MR) is 87.9 cm³/mol. The minimum Gasteiger partial charge on any atom is -0.322 e. The molecule has 0 amide bonds. The molecule has 1 aromatic carbocycles. The average Bonchev–Trinajstić information content (AvgIpc) is 2.87. The summed E-state index contributed by atoms with van der Waals surface area (Å²) in [5, 5.41) is 3.13. The van der Waals surface area contributed by atoms with Gasteiger partial charge in [-0.3, -0.25) is 0 Å². The Morgan fingerprint density at radius 3 is 2.40 bits per heavy atom. The smallest absolute Gasteiger partial charge is 0.111 e. The molecule has 0 aliphatic heterocycles. The van der Waals surface area contributed by atoms with Crippen LogP contribution in [0.15, 0.2) is 29.6 Å². The molecule has 2 N–H and O–H groups in total. The third-order valence-electron chi connectivity index (χ3n) is 3.51. The molecule has 2 rings (SSSR count). The van der Waals surface area contributed by atoms with E-state index in [1.54, 1.807) is 11.3 Å². The summed E-state index contributed by atoms with van der Waals surface area (Å²) in [5.41, 5.74) is 9.91. The van der Waals surface area contributed by atoms with Crippen molar-refractivity contribution in [2.24, 2.45) is 11.1 Å². The lowest BCUT2D eigenvalue weighted by molar-refractivity contribution is 0.326. The number of nitrogens with two attached hydrogens (primary N) is 1. The van der Waals surface area contributed by atoms with E-state index in [9.17, 15) is 0 Å². The van der Waals surface area contributed by atoms with E-state index in [1.165, 1.54) is 17.5 Å². The van der Waals surface area contributed by atoms with Gasteiger partial charge in [-0.05, 0) is 17.4 Å². The lowest BCUT2D eigenvalue weighted by Crippen LogP contribution is -2.26. The van der Waals surface area contributed by atoms with E-state index in [0.717, 1.165) is 17.1 Å². The Morgan fingerprint density at radius 2 is 1.85 bits per heavy atom. The summed E-state index contributed by atoms with van der Waals surface area (Å²) in [6.07, 6.45) is 2.32. The molecule has 3 heteroatoms. The van der Waals surface area contributed by atoms with Gasteiger partial charge < -0.3 is 5.73 Å². The fourth-order valence-electron chi connectivity index (χ4n) is 2.06. The number of nitrogens with zero attached hydrogens (tertiary/aromatic N) is 1. The molecule has 0 fully saturated rings. The number of hydrogen-bond donors (Lipinski definition) is 1. The molecule has 1 aromatic heterocycles. The van der Waals surface area contributed by atoms with Crippen LogP contribution in [0, 0.1) is 5.41 Å². The molecule has 2 nitrogen and oxygen atoms in total. The van der Waals surface area contributed by atoms with Crippen LogP contribution in [0.25, 0.3) is 11.3 Å². The topological polar surface area (TPSA) is 38.9 Å². The summed E-state index contributed by atoms with van der Waals surface area (Å²) in [4.78, 5) is 4.72. The van der Waals surface area contributed by atoms with Crippen molar-refractivity contribution in [3.05, 3.63) is 40.2 Å². The van der Waals surface area contributed by atoms with Crippen molar-refractivity contribution in [3.63, 3.8) is 0 Å². The molecule has 0 saturated heterocycles.